The predicted molar refractivity (Wildman–Crippen MR) is 124 cm³/mol. The molecule has 1 aliphatic rings. The summed E-state index contributed by atoms with van der Waals surface area (Å²) in [6.45, 7) is 6.34. The van der Waals surface area contributed by atoms with Gasteiger partial charge in [-0.2, -0.15) is 0 Å². The Morgan fingerprint density at radius 2 is 1.94 bits per heavy atom. The van der Waals surface area contributed by atoms with Gasteiger partial charge in [-0.3, -0.25) is 14.5 Å². The smallest absolute Gasteiger partial charge is 0.257 e. The van der Waals surface area contributed by atoms with Gasteiger partial charge < -0.3 is 19.4 Å². The van der Waals surface area contributed by atoms with Gasteiger partial charge in [0.2, 0.25) is 0 Å². The Balaban J connectivity index is 1.44. The highest BCUT2D eigenvalue weighted by molar-refractivity contribution is 5.84. The van der Waals surface area contributed by atoms with Crippen LogP contribution < -0.4 is 15.6 Å². The minimum absolute atomic E-state index is 0.105. The summed E-state index contributed by atoms with van der Waals surface area (Å²) in [5.74, 6) is -0.103. The maximum atomic E-state index is 14.2. The number of carbonyl (C=O) groups excluding carboxylic acids is 1. The predicted octanol–water partition coefficient (Wildman–Crippen LogP) is 2.32. The zero-order valence-electron chi connectivity index (χ0n) is 18.7. The first-order valence-electron chi connectivity index (χ1n) is 11.1. The zero-order chi connectivity index (χ0) is 23.2. The van der Waals surface area contributed by atoms with Crippen LogP contribution in [0.15, 0.2) is 53.3 Å². The molecule has 0 atom stereocenters. The Bertz CT molecular complexity index is 1190. The van der Waals surface area contributed by atoms with Gasteiger partial charge in [0.05, 0.1) is 25.3 Å². The van der Waals surface area contributed by atoms with Crippen molar-refractivity contribution in [3.8, 4) is 5.75 Å². The molecule has 1 amide bonds. The van der Waals surface area contributed by atoms with Crippen molar-refractivity contribution >= 4 is 16.8 Å². The fourth-order valence-corrected chi connectivity index (χ4v) is 3.96. The number of nitrogens with one attached hydrogen (secondary N) is 1. The second-order valence-corrected chi connectivity index (χ2v) is 8.11. The monoisotopic (exact) mass is 453 g/mol. The third kappa shape index (κ3) is 5.77. The molecule has 33 heavy (non-hydrogen) atoms. The fourth-order valence-electron chi connectivity index (χ4n) is 3.96. The van der Waals surface area contributed by atoms with Crippen molar-refractivity contribution in [2.45, 2.75) is 13.5 Å². The van der Waals surface area contributed by atoms with Crippen LogP contribution in [0.5, 0.6) is 5.75 Å². The Morgan fingerprint density at radius 3 is 2.73 bits per heavy atom. The van der Waals surface area contributed by atoms with Crippen LogP contribution in [0.3, 0.4) is 0 Å². The van der Waals surface area contributed by atoms with Crippen molar-refractivity contribution in [1.29, 1.82) is 0 Å². The van der Waals surface area contributed by atoms with Crippen molar-refractivity contribution in [3.05, 3.63) is 75.8 Å². The Labute approximate surface area is 191 Å². The average molecular weight is 454 g/mol. The third-order valence-electron chi connectivity index (χ3n) is 5.80. The van der Waals surface area contributed by atoms with Gasteiger partial charge in [-0.1, -0.05) is 18.2 Å². The minimum atomic E-state index is -0.362. The van der Waals surface area contributed by atoms with E-state index in [0.717, 1.165) is 43.8 Å². The number of amides is 1. The number of fused-ring (bicyclic) bond motifs is 1. The van der Waals surface area contributed by atoms with Crippen molar-refractivity contribution in [3.63, 3.8) is 0 Å². The van der Waals surface area contributed by atoms with Gasteiger partial charge in [0.15, 0.2) is 6.61 Å². The van der Waals surface area contributed by atoms with Crippen molar-refractivity contribution in [2.75, 3.05) is 46.0 Å². The topological polar surface area (TPSA) is 72.8 Å². The second kappa shape index (κ2) is 10.6. The van der Waals surface area contributed by atoms with Crippen molar-refractivity contribution in [1.82, 2.24) is 14.8 Å². The molecule has 1 fully saturated rings. The highest BCUT2D eigenvalue weighted by Gasteiger charge is 2.13. The van der Waals surface area contributed by atoms with E-state index in [1.165, 1.54) is 10.6 Å². The normalized spacial score (nSPS) is 14.4. The Kier molecular flexibility index (Phi) is 7.36. The SMILES string of the molecule is Cc1cc(=O)n(Cc2ccccc2F)c2cc(OCC(=O)NCCN3CCOCC3)ccc12. The van der Waals surface area contributed by atoms with Gasteiger partial charge >= 0.3 is 0 Å². The van der Waals surface area contributed by atoms with Gasteiger partial charge in [-0.05, 0) is 30.7 Å². The summed E-state index contributed by atoms with van der Waals surface area (Å²) < 4.78 is 26.7. The number of morpholine rings is 1. The molecule has 0 spiro atoms. The molecule has 2 aromatic carbocycles. The minimum Gasteiger partial charge on any atom is -0.484 e. The Morgan fingerprint density at radius 1 is 1.15 bits per heavy atom. The number of carbonyl (C=O) groups is 1. The number of hydrogen-bond donors (Lipinski definition) is 1. The molecular weight excluding hydrogens is 425 g/mol. The summed E-state index contributed by atoms with van der Waals surface area (Å²) in [7, 11) is 0. The largest absolute Gasteiger partial charge is 0.484 e. The van der Waals surface area contributed by atoms with E-state index < -0.39 is 0 Å². The summed E-state index contributed by atoms with van der Waals surface area (Å²) in [5.41, 5.74) is 1.66. The average Bonchev–Trinajstić information content (AvgIpc) is 2.82. The molecule has 8 heteroatoms. The van der Waals surface area contributed by atoms with Gasteiger partial charge in [-0.15, -0.1) is 0 Å². The quantitative estimate of drug-likeness (QED) is 0.567. The van der Waals surface area contributed by atoms with Gasteiger partial charge in [0.25, 0.3) is 11.5 Å². The van der Waals surface area contributed by atoms with Crippen LogP contribution in [0.1, 0.15) is 11.1 Å². The lowest BCUT2D eigenvalue weighted by Crippen LogP contribution is -2.42. The molecule has 3 aromatic rings. The van der Waals surface area contributed by atoms with E-state index in [1.807, 2.05) is 13.0 Å². The van der Waals surface area contributed by atoms with Gasteiger partial charge in [0, 0.05) is 49.3 Å². The highest BCUT2D eigenvalue weighted by atomic mass is 19.1. The van der Waals surface area contributed by atoms with E-state index in [0.29, 0.717) is 23.4 Å². The second-order valence-electron chi connectivity index (χ2n) is 8.11. The van der Waals surface area contributed by atoms with E-state index in [-0.39, 0.29) is 30.4 Å². The van der Waals surface area contributed by atoms with E-state index in [9.17, 15) is 14.0 Å². The first-order chi connectivity index (χ1) is 16.0. The third-order valence-corrected chi connectivity index (χ3v) is 5.80. The molecule has 1 N–H and O–H groups in total. The maximum Gasteiger partial charge on any atom is 0.257 e. The number of aryl methyl sites for hydroxylation is 1. The molecule has 0 radical (unpaired) electrons. The van der Waals surface area contributed by atoms with Crippen LogP contribution in [-0.4, -0.2) is 61.4 Å². The molecule has 4 rings (SSSR count). The van der Waals surface area contributed by atoms with Crippen LogP contribution in [0.4, 0.5) is 4.39 Å². The van der Waals surface area contributed by atoms with Crippen LogP contribution in [0, 0.1) is 12.7 Å². The standard InChI is InChI=1S/C25H28FN3O4/c1-18-14-25(31)29(16-19-4-2-3-5-22(19)26)23-15-20(6-7-21(18)23)33-17-24(30)27-8-9-28-10-12-32-13-11-28/h2-7,14-15H,8-13,16-17H2,1H3,(H,27,30). The lowest BCUT2D eigenvalue weighted by Gasteiger charge is -2.26. The number of rotatable bonds is 8. The highest BCUT2D eigenvalue weighted by Crippen LogP contribution is 2.23. The van der Waals surface area contributed by atoms with Gasteiger partial charge in [0.1, 0.15) is 11.6 Å². The Hall–Kier alpha value is -3.23. The summed E-state index contributed by atoms with van der Waals surface area (Å²) in [5, 5.41) is 3.73. The molecule has 0 aliphatic carbocycles. The maximum absolute atomic E-state index is 14.2. The van der Waals surface area contributed by atoms with Gasteiger partial charge in [-0.25, -0.2) is 4.39 Å². The molecule has 1 aliphatic heterocycles. The van der Waals surface area contributed by atoms with Crippen LogP contribution in [0.2, 0.25) is 0 Å². The lowest BCUT2D eigenvalue weighted by molar-refractivity contribution is -0.123. The van der Waals surface area contributed by atoms with Crippen LogP contribution in [0.25, 0.3) is 10.9 Å². The summed E-state index contributed by atoms with van der Waals surface area (Å²) in [4.78, 5) is 27.2. The number of nitrogens with zero attached hydrogens (tertiary/aromatic N) is 2. The molecule has 0 unspecified atom stereocenters. The molecule has 0 saturated carbocycles. The molecule has 174 valence electrons. The summed E-state index contributed by atoms with van der Waals surface area (Å²) >= 11 is 0. The van der Waals surface area contributed by atoms with Crippen molar-refractivity contribution in [2.24, 2.45) is 0 Å². The molecule has 1 aromatic heterocycles. The number of aromatic nitrogens is 1. The molecule has 2 heterocycles. The van der Waals surface area contributed by atoms with E-state index in [2.05, 4.69) is 10.2 Å². The summed E-state index contributed by atoms with van der Waals surface area (Å²) in [6.07, 6.45) is 0. The molecular formula is C25H28FN3O4. The molecule has 7 nitrogen and oxygen atoms in total. The number of benzene rings is 2. The number of hydrogen-bond acceptors (Lipinski definition) is 5. The molecule has 1 saturated heterocycles. The van der Waals surface area contributed by atoms with Crippen molar-refractivity contribution < 1.29 is 18.7 Å². The molecule has 0 bridgehead atoms. The fraction of sp³-hybridized carbons (Fsp3) is 0.360. The first-order valence-corrected chi connectivity index (χ1v) is 11.1. The van der Waals surface area contributed by atoms with E-state index in [4.69, 9.17) is 9.47 Å². The van der Waals surface area contributed by atoms with Crippen LogP contribution >= 0.6 is 0 Å². The number of halogens is 1. The summed E-state index contributed by atoms with van der Waals surface area (Å²) in [6, 6.07) is 13.3. The number of ether oxygens (including phenoxy) is 2. The zero-order valence-corrected chi connectivity index (χ0v) is 18.7. The lowest BCUT2D eigenvalue weighted by atomic mass is 10.1. The van der Waals surface area contributed by atoms with E-state index >= 15 is 0 Å². The van der Waals surface area contributed by atoms with E-state index in [1.54, 1.807) is 36.4 Å². The van der Waals surface area contributed by atoms with Crippen LogP contribution in [-0.2, 0) is 16.1 Å². The number of pyridine rings is 1. The first kappa shape index (κ1) is 22.9.